The van der Waals surface area contributed by atoms with Crippen molar-refractivity contribution in [3.63, 3.8) is 0 Å². The molecule has 1 N–H and O–H groups in total. The molecule has 0 saturated heterocycles. The number of hydrogen-bond acceptors (Lipinski definition) is 3. The number of hydrogen-bond donors (Lipinski definition) is 1. The number of aliphatic hydroxyl groups is 1. The van der Waals surface area contributed by atoms with Crippen molar-refractivity contribution in [2.24, 2.45) is 0 Å². The summed E-state index contributed by atoms with van der Waals surface area (Å²) in [5.41, 5.74) is 2.00. The molecule has 1 aromatic carbocycles. The van der Waals surface area contributed by atoms with Gasteiger partial charge in [-0.3, -0.25) is 0 Å². The number of benzene rings is 1. The van der Waals surface area contributed by atoms with E-state index in [-0.39, 0.29) is 5.02 Å². The van der Waals surface area contributed by atoms with Gasteiger partial charge in [0.05, 0.1) is 11.1 Å². The summed E-state index contributed by atoms with van der Waals surface area (Å²) in [6.45, 7) is 3.44. The molecule has 5 heteroatoms. The van der Waals surface area contributed by atoms with Gasteiger partial charge in [-0.15, -0.1) is 0 Å². The lowest BCUT2D eigenvalue weighted by Crippen LogP contribution is -2.01. The number of rotatable bonds is 2. The molecule has 0 aliphatic carbocycles. The zero-order chi connectivity index (χ0) is 13.3. The zero-order valence-corrected chi connectivity index (χ0v) is 10.7. The Morgan fingerprint density at radius 1 is 1.39 bits per heavy atom. The average Bonchev–Trinajstić information content (AvgIpc) is 2.32. The van der Waals surface area contributed by atoms with Crippen molar-refractivity contribution in [2.45, 2.75) is 20.0 Å². The molecule has 0 radical (unpaired) electrons. The summed E-state index contributed by atoms with van der Waals surface area (Å²) in [4.78, 5) is 8.43. The van der Waals surface area contributed by atoms with E-state index in [2.05, 4.69) is 9.97 Å². The van der Waals surface area contributed by atoms with Gasteiger partial charge in [-0.05, 0) is 32.0 Å². The molecular formula is C13H12ClFN2O. The minimum Gasteiger partial charge on any atom is -0.389 e. The van der Waals surface area contributed by atoms with Crippen LogP contribution in [-0.4, -0.2) is 15.1 Å². The molecule has 2 rings (SSSR count). The highest BCUT2D eigenvalue weighted by Crippen LogP contribution is 2.24. The topological polar surface area (TPSA) is 46.0 Å². The number of halogens is 2. The van der Waals surface area contributed by atoms with Crippen LogP contribution in [0.4, 0.5) is 4.39 Å². The fourth-order valence-corrected chi connectivity index (χ4v) is 1.84. The Hall–Kier alpha value is -1.52. The van der Waals surface area contributed by atoms with E-state index in [4.69, 9.17) is 11.6 Å². The molecule has 0 saturated carbocycles. The molecule has 0 bridgehead atoms. The molecule has 1 atom stereocenters. The summed E-state index contributed by atoms with van der Waals surface area (Å²) in [6, 6.07) is 4.32. The molecular weight excluding hydrogens is 255 g/mol. The quantitative estimate of drug-likeness (QED) is 0.907. The fourth-order valence-electron chi connectivity index (χ4n) is 1.66. The van der Waals surface area contributed by atoms with Crippen LogP contribution in [0.2, 0.25) is 5.02 Å². The smallest absolute Gasteiger partial charge is 0.159 e. The highest BCUT2D eigenvalue weighted by atomic mass is 35.5. The SMILES string of the molecule is Cc1nc(-c2ccc(F)c(Cl)c2)ncc1[C@H](C)O. The third kappa shape index (κ3) is 2.49. The van der Waals surface area contributed by atoms with Crippen molar-refractivity contribution < 1.29 is 9.50 Å². The fraction of sp³-hybridized carbons (Fsp3) is 0.231. The van der Waals surface area contributed by atoms with Gasteiger partial charge in [0.25, 0.3) is 0 Å². The predicted octanol–water partition coefficient (Wildman–Crippen LogP) is 3.30. The van der Waals surface area contributed by atoms with Gasteiger partial charge in [0.2, 0.25) is 0 Å². The summed E-state index contributed by atoms with van der Waals surface area (Å²) in [5.74, 6) is -0.0171. The van der Waals surface area contributed by atoms with Crippen molar-refractivity contribution in [1.82, 2.24) is 9.97 Å². The summed E-state index contributed by atoms with van der Waals surface area (Å²) in [7, 11) is 0. The van der Waals surface area contributed by atoms with Crippen LogP contribution in [0.25, 0.3) is 11.4 Å². The van der Waals surface area contributed by atoms with E-state index in [1.807, 2.05) is 0 Å². The Labute approximate surface area is 109 Å². The van der Waals surface area contributed by atoms with Gasteiger partial charge in [-0.1, -0.05) is 11.6 Å². The molecule has 94 valence electrons. The van der Waals surface area contributed by atoms with Crippen LogP contribution in [0.5, 0.6) is 0 Å². The average molecular weight is 267 g/mol. The van der Waals surface area contributed by atoms with Gasteiger partial charge < -0.3 is 5.11 Å². The largest absolute Gasteiger partial charge is 0.389 e. The van der Waals surface area contributed by atoms with Crippen LogP contribution in [0.15, 0.2) is 24.4 Å². The van der Waals surface area contributed by atoms with E-state index >= 15 is 0 Å². The lowest BCUT2D eigenvalue weighted by atomic mass is 10.1. The minimum atomic E-state index is -0.615. The molecule has 2 aromatic rings. The van der Waals surface area contributed by atoms with Gasteiger partial charge in [0.15, 0.2) is 5.82 Å². The number of aliphatic hydroxyl groups excluding tert-OH is 1. The highest BCUT2D eigenvalue weighted by molar-refractivity contribution is 6.31. The van der Waals surface area contributed by atoms with Gasteiger partial charge in [0.1, 0.15) is 5.82 Å². The molecule has 1 heterocycles. The third-order valence-corrected chi connectivity index (χ3v) is 2.93. The number of aromatic nitrogens is 2. The Balaban J connectivity index is 2.45. The Morgan fingerprint density at radius 2 is 2.11 bits per heavy atom. The molecule has 0 amide bonds. The summed E-state index contributed by atoms with van der Waals surface area (Å²) in [6.07, 6.45) is 0.954. The lowest BCUT2D eigenvalue weighted by molar-refractivity contribution is 0.197. The molecule has 0 aliphatic heterocycles. The molecule has 1 aromatic heterocycles. The second-order valence-corrected chi connectivity index (χ2v) is 4.45. The summed E-state index contributed by atoms with van der Waals surface area (Å²) >= 11 is 5.71. The van der Waals surface area contributed by atoms with E-state index < -0.39 is 11.9 Å². The maximum absolute atomic E-state index is 13.1. The molecule has 0 unspecified atom stereocenters. The van der Waals surface area contributed by atoms with Crippen molar-refractivity contribution in [3.05, 3.63) is 46.5 Å². The normalized spacial score (nSPS) is 12.5. The second kappa shape index (κ2) is 5.00. The molecule has 0 spiro atoms. The predicted molar refractivity (Wildman–Crippen MR) is 67.8 cm³/mol. The summed E-state index contributed by atoms with van der Waals surface area (Å²) < 4.78 is 13.1. The van der Waals surface area contributed by atoms with Gasteiger partial charge in [-0.25, -0.2) is 14.4 Å². The van der Waals surface area contributed by atoms with Crippen LogP contribution >= 0.6 is 11.6 Å². The van der Waals surface area contributed by atoms with E-state index in [0.29, 0.717) is 22.6 Å². The van der Waals surface area contributed by atoms with Gasteiger partial charge in [0, 0.05) is 23.0 Å². The van der Waals surface area contributed by atoms with E-state index in [1.165, 1.54) is 12.1 Å². The van der Waals surface area contributed by atoms with Crippen molar-refractivity contribution in [3.8, 4) is 11.4 Å². The lowest BCUT2D eigenvalue weighted by Gasteiger charge is -2.09. The monoisotopic (exact) mass is 266 g/mol. The molecule has 18 heavy (non-hydrogen) atoms. The van der Waals surface area contributed by atoms with Crippen LogP contribution in [0.3, 0.4) is 0 Å². The summed E-state index contributed by atoms with van der Waals surface area (Å²) in [5, 5.41) is 9.53. The molecule has 0 fully saturated rings. The van der Waals surface area contributed by atoms with E-state index in [9.17, 15) is 9.50 Å². The molecule has 3 nitrogen and oxygen atoms in total. The zero-order valence-electron chi connectivity index (χ0n) is 9.98. The van der Waals surface area contributed by atoms with Crippen LogP contribution in [0, 0.1) is 12.7 Å². The molecule has 0 aliphatic rings. The standard InChI is InChI=1S/C13H12ClFN2O/c1-7-10(8(2)18)6-16-13(17-7)9-3-4-12(15)11(14)5-9/h3-6,8,18H,1-2H3/t8-/m0/s1. The van der Waals surface area contributed by atoms with E-state index in [0.717, 1.165) is 0 Å². The Bertz CT molecular complexity index is 587. The van der Waals surface area contributed by atoms with E-state index in [1.54, 1.807) is 26.1 Å². The first-order valence-corrected chi connectivity index (χ1v) is 5.84. The third-order valence-electron chi connectivity index (χ3n) is 2.65. The van der Waals surface area contributed by atoms with Gasteiger partial charge >= 0.3 is 0 Å². The highest BCUT2D eigenvalue weighted by Gasteiger charge is 2.10. The first kappa shape index (κ1) is 12.9. The van der Waals surface area contributed by atoms with Crippen molar-refractivity contribution >= 4 is 11.6 Å². The van der Waals surface area contributed by atoms with Gasteiger partial charge in [-0.2, -0.15) is 0 Å². The maximum atomic E-state index is 13.1. The number of nitrogens with zero attached hydrogens (tertiary/aromatic N) is 2. The second-order valence-electron chi connectivity index (χ2n) is 4.04. The van der Waals surface area contributed by atoms with Crippen molar-refractivity contribution in [2.75, 3.05) is 0 Å². The van der Waals surface area contributed by atoms with Crippen LogP contribution < -0.4 is 0 Å². The maximum Gasteiger partial charge on any atom is 0.159 e. The Morgan fingerprint density at radius 3 is 2.67 bits per heavy atom. The van der Waals surface area contributed by atoms with Crippen molar-refractivity contribution in [1.29, 1.82) is 0 Å². The Kier molecular flexibility index (Phi) is 3.59. The van der Waals surface area contributed by atoms with Crippen LogP contribution in [0.1, 0.15) is 24.3 Å². The first-order valence-electron chi connectivity index (χ1n) is 5.46. The number of aryl methyl sites for hydroxylation is 1. The van der Waals surface area contributed by atoms with Crippen LogP contribution in [-0.2, 0) is 0 Å². The first-order chi connectivity index (χ1) is 8.49. The minimum absolute atomic E-state index is 0.0355.